The van der Waals surface area contributed by atoms with E-state index in [4.69, 9.17) is 32.8 Å². The number of hydrogen-bond acceptors (Lipinski definition) is 4. The Morgan fingerprint density at radius 2 is 1.05 bits per heavy atom. The first kappa shape index (κ1) is 17.5. The molecule has 0 radical (unpaired) electrons. The monoisotopic (exact) mass is 278 g/mol. The molecule has 0 aromatic rings. The van der Waals surface area contributed by atoms with E-state index in [-0.39, 0.29) is 11.9 Å². The first-order chi connectivity index (χ1) is 9.52. The van der Waals surface area contributed by atoms with Gasteiger partial charge in [0.25, 0.3) is 0 Å². The van der Waals surface area contributed by atoms with Crippen molar-refractivity contribution in [1.82, 2.24) is 9.80 Å². The summed E-state index contributed by atoms with van der Waals surface area (Å²) >= 11 is 0. The lowest BCUT2D eigenvalue weighted by atomic mass is 10.1. The molecule has 0 aliphatic heterocycles. The Bertz CT molecular complexity index is 353. The topological polar surface area (TPSA) is 154 Å². The Morgan fingerprint density at radius 1 is 0.750 bits per heavy atom. The Balaban J connectivity index is 3.51. The molecule has 0 amide bonds. The van der Waals surface area contributed by atoms with E-state index >= 15 is 0 Å². The third-order valence-corrected chi connectivity index (χ3v) is 2.84. The SMILES string of the molecule is N#CN(CCCCCCCCN(C#N)C(=N)N)C(=N)N. The van der Waals surface area contributed by atoms with E-state index in [0.29, 0.717) is 13.1 Å². The predicted octanol–water partition coefficient (Wildman–Crippen LogP) is 0.680. The van der Waals surface area contributed by atoms with Crippen LogP contribution in [-0.4, -0.2) is 34.8 Å². The minimum Gasteiger partial charge on any atom is -0.369 e. The van der Waals surface area contributed by atoms with Crippen molar-refractivity contribution in [1.29, 1.82) is 21.3 Å². The molecule has 20 heavy (non-hydrogen) atoms. The molecule has 0 aromatic carbocycles. The molecule has 0 aromatic heterocycles. The highest BCUT2D eigenvalue weighted by molar-refractivity contribution is 5.76. The third-order valence-electron chi connectivity index (χ3n) is 2.84. The molecule has 8 heteroatoms. The summed E-state index contributed by atoms with van der Waals surface area (Å²) in [7, 11) is 0. The number of nitrogens with zero attached hydrogens (tertiary/aromatic N) is 4. The van der Waals surface area contributed by atoms with Crippen LogP contribution in [0.3, 0.4) is 0 Å². The highest BCUT2D eigenvalue weighted by atomic mass is 15.2. The van der Waals surface area contributed by atoms with Crippen LogP contribution in [-0.2, 0) is 0 Å². The average molecular weight is 278 g/mol. The number of unbranched alkanes of at least 4 members (excludes halogenated alkanes) is 5. The van der Waals surface area contributed by atoms with Gasteiger partial charge in [-0.05, 0) is 12.8 Å². The summed E-state index contributed by atoms with van der Waals surface area (Å²) in [6.07, 6.45) is 9.37. The molecule has 6 N–H and O–H groups in total. The maximum atomic E-state index is 8.69. The van der Waals surface area contributed by atoms with Crippen LogP contribution in [0.1, 0.15) is 38.5 Å². The molecule has 0 spiro atoms. The van der Waals surface area contributed by atoms with Gasteiger partial charge in [0.15, 0.2) is 12.4 Å². The molecule has 0 heterocycles. The first-order valence-corrected chi connectivity index (χ1v) is 6.55. The fourth-order valence-electron chi connectivity index (χ4n) is 1.70. The minimum atomic E-state index is -0.215. The quantitative estimate of drug-likeness (QED) is 0.160. The van der Waals surface area contributed by atoms with E-state index in [1.165, 1.54) is 0 Å². The van der Waals surface area contributed by atoms with Crippen LogP contribution in [0.5, 0.6) is 0 Å². The zero-order valence-electron chi connectivity index (χ0n) is 11.6. The summed E-state index contributed by atoms with van der Waals surface area (Å²) in [6.45, 7) is 0.969. The zero-order valence-corrected chi connectivity index (χ0v) is 11.6. The van der Waals surface area contributed by atoms with Crippen molar-refractivity contribution >= 4 is 11.9 Å². The van der Waals surface area contributed by atoms with Gasteiger partial charge in [-0.2, -0.15) is 10.5 Å². The summed E-state index contributed by atoms with van der Waals surface area (Å²) in [5.41, 5.74) is 10.4. The molecule has 0 unspecified atom stereocenters. The van der Waals surface area contributed by atoms with Crippen LogP contribution in [0.25, 0.3) is 0 Å². The molecule has 0 bridgehead atoms. The summed E-state index contributed by atoms with van der Waals surface area (Å²) in [6, 6.07) is 0. The van der Waals surface area contributed by atoms with Crippen molar-refractivity contribution in [2.45, 2.75) is 38.5 Å². The van der Waals surface area contributed by atoms with Gasteiger partial charge in [0.05, 0.1) is 0 Å². The summed E-state index contributed by atoms with van der Waals surface area (Å²) in [4.78, 5) is 2.33. The van der Waals surface area contributed by atoms with E-state index < -0.39 is 0 Å². The van der Waals surface area contributed by atoms with Gasteiger partial charge in [-0.3, -0.25) is 10.8 Å². The zero-order chi connectivity index (χ0) is 15.4. The Kier molecular flexibility index (Phi) is 9.15. The summed E-state index contributed by atoms with van der Waals surface area (Å²) < 4.78 is 0. The number of nitrogens with one attached hydrogen (secondary N) is 2. The number of hydrogen-bond donors (Lipinski definition) is 4. The van der Waals surface area contributed by atoms with Crippen LogP contribution in [0.4, 0.5) is 0 Å². The molecule has 0 rings (SSSR count). The van der Waals surface area contributed by atoms with Crippen molar-refractivity contribution in [3.8, 4) is 12.4 Å². The number of guanidine groups is 2. The van der Waals surface area contributed by atoms with Crippen LogP contribution in [0, 0.1) is 33.7 Å². The van der Waals surface area contributed by atoms with E-state index in [1.807, 2.05) is 12.4 Å². The maximum Gasteiger partial charge on any atom is 0.201 e. The lowest BCUT2D eigenvalue weighted by molar-refractivity contribution is 0.485. The predicted molar refractivity (Wildman–Crippen MR) is 76.2 cm³/mol. The fourth-order valence-corrected chi connectivity index (χ4v) is 1.70. The first-order valence-electron chi connectivity index (χ1n) is 6.55. The number of rotatable bonds is 9. The van der Waals surface area contributed by atoms with Gasteiger partial charge < -0.3 is 11.5 Å². The molecule has 0 saturated carbocycles. The standard InChI is InChI=1S/C12H22N8/c13-9-19(11(15)16)7-5-3-1-2-4-6-8-20(10-14)12(17)18/h1-8H2,(H3,15,16)(H3,17,18). The van der Waals surface area contributed by atoms with E-state index in [9.17, 15) is 0 Å². The lowest BCUT2D eigenvalue weighted by Gasteiger charge is -2.13. The van der Waals surface area contributed by atoms with Crippen molar-refractivity contribution in [2.75, 3.05) is 13.1 Å². The van der Waals surface area contributed by atoms with Gasteiger partial charge in [-0.1, -0.05) is 25.7 Å². The second-order valence-corrected chi connectivity index (χ2v) is 4.40. The van der Waals surface area contributed by atoms with Gasteiger partial charge in [-0.15, -0.1) is 0 Å². The molecule has 0 atom stereocenters. The maximum absolute atomic E-state index is 8.69. The second kappa shape index (κ2) is 10.4. The van der Waals surface area contributed by atoms with Gasteiger partial charge >= 0.3 is 0 Å². The number of nitrogens with two attached hydrogens (primary N) is 2. The van der Waals surface area contributed by atoms with Crippen LogP contribution in [0.2, 0.25) is 0 Å². The van der Waals surface area contributed by atoms with Crippen LogP contribution < -0.4 is 11.5 Å². The molecule has 0 aliphatic carbocycles. The van der Waals surface area contributed by atoms with E-state index in [2.05, 4.69) is 0 Å². The fraction of sp³-hybridized carbons (Fsp3) is 0.667. The van der Waals surface area contributed by atoms with Gasteiger partial charge in [0, 0.05) is 13.1 Å². The molecule has 8 nitrogen and oxygen atoms in total. The highest BCUT2D eigenvalue weighted by Gasteiger charge is 2.05. The minimum absolute atomic E-state index is 0.215. The van der Waals surface area contributed by atoms with Crippen molar-refractivity contribution < 1.29 is 0 Å². The Morgan fingerprint density at radius 3 is 1.30 bits per heavy atom. The smallest absolute Gasteiger partial charge is 0.201 e. The molecule has 0 saturated heterocycles. The summed E-state index contributed by atoms with van der Waals surface area (Å²) in [5, 5.41) is 31.6. The van der Waals surface area contributed by atoms with Crippen LogP contribution >= 0.6 is 0 Å². The number of nitriles is 2. The largest absolute Gasteiger partial charge is 0.369 e. The summed E-state index contributed by atoms with van der Waals surface area (Å²) in [5.74, 6) is -0.429. The lowest BCUT2D eigenvalue weighted by Crippen LogP contribution is -2.33. The molecular weight excluding hydrogens is 256 g/mol. The molecule has 110 valence electrons. The van der Waals surface area contributed by atoms with E-state index in [0.717, 1.165) is 48.3 Å². The highest BCUT2D eigenvalue weighted by Crippen LogP contribution is 2.06. The third kappa shape index (κ3) is 7.77. The Labute approximate surface area is 119 Å². The van der Waals surface area contributed by atoms with Gasteiger partial charge in [-0.25, -0.2) is 9.80 Å². The van der Waals surface area contributed by atoms with E-state index in [1.54, 1.807) is 0 Å². The van der Waals surface area contributed by atoms with Gasteiger partial charge in [0.2, 0.25) is 11.9 Å². The second-order valence-electron chi connectivity index (χ2n) is 4.40. The van der Waals surface area contributed by atoms with Gasteiger partial charge in [0.1, 0.15) is 0 Å². The Hall–Kier alpha value is -2.48. The van der Waals surface area contributed by atoms with Crippen molar-refractivity contribution in [3.05, 3.63) is 0 Å². The molecule has 0 aliphatic rings. The normalized spacial score (nSPS) is 9.30. The average Bonchev–Trinajstić information content (AvgIpc) is 2.40. The van der Waals surface area contributed by atoms with Crippen LogP contribution in [0.15, 0.2) is 0 Å². The molecular formula is C12H22N8. The van der Waals surface area contributed by atoms with Crippen molar-refractivity contribution in [3.63, 3.8) is 0 Å². The molecule has 0 fully saturated rings. The van der Waals surface area contributed by atoms with Crippen molar-refractivity contribution in [2.24, 2.45) is 11.5 Å².